The molecule has 0 aliphatic heterocycles. The van der Waals surface area contributed by atoms with Gasteiger partial charge in [0.1, 0.15) is 28.8 Å². The number of amidine groups is 1. The Morgan fingerprint density at radius 2 is 1.57 bits per heavy atom. The summed E-state index contributed by atoms with van der Waals surface area (Å²) in [5, 5.41) is 7.43. The molecule has 1 aromatic heterocycles. The van der Waals surface area contributed by atoms with Crippen molar-refractivity contribution in [3.05, 3.63) is 35.7 Å². The number of hydrogen-bond acceptors (Lipinski definition) is 6. The maximum absolute atomic E-state index is 7.43. The number of nitrogen functional groups attached to an aromatic ring is 1. The van der Waals surface area contributed by atoms with Gasteiger partial charge < -0.3 is 19.9 Å². The maximum atomic E-state index is 7.43. The fourth-order valence-electron chi connectivity index (χ4n) is 1.67. The molecule has 0 radical (unpaired) electrons. The lowest BCUT2D eigenvalue weighted by molar-refractivity contribution is 0.382. The summed E-state index contributed by atoms with van der Waals surface area (Å²) in [6.45, 7) is 1.77. The van der Waals surface area contributed by atoms with Crippen molar-refractivity contribution in [1.82, 2.24) is 9.97 Å². The molecule has 110 valence electrons. The first-order valence-corrected chi connectivity index (χ1v) is 6.13. The van der Waals surface area contributed by atoms with Crippen LogP contribution in [0.15, 0.2) is 24.3 Å². The molecular formula is C14H16N4O3. The molecule has 1 heterocycles. The molecule has 1 aromatic carbocycles. The van der Waals surface area contributed by atoms with Gasteiger partial charge in [-0.3, -0.25) is 5.41 Å². The normalized spacial score (nSPS) is 10.0. The highest BCUT2D eigenvalue weighted by Gasteiger charge is 2.09. The molecule has 0 aliphatic rings. The number of hydrogen-bond donors (Lipinski definition) is 2. The van der Waals surface area contributed by atoms with Gasteiger partial charge in [-0.15, -0.1) is 0 Å². The molecular weight excluding hydrogens is 272 g/mol. The Morgan fingerprint density at radius 1 is 1.00 bits per heavy atom. The minimum Gasteiger partial charge on any atom is -0.496 e. The fraction of sp³-hybridized carbons (Fsp3) is 0.214. The van der Waals surface area contributed by atoms with Crippen molar-refractivity contribution in [3.8, 4) is 23.3 Å². The Balaban J connectivity index is 2.35. The zero-order valence-corrected chi connectivity index (χ0v) is 12.0. The number of nitrogens with zero attached hydrogens (tertiary/aromatic N) is 2. The first kappa shape index (κ1) is 14.6. The van der Waals surface area contributed by atoms with E-state index >= 15 is 0 Å². The van der Waals surface area contributed by atoms with Gasteiger partial charge in [-0.1, -0.05) is 0 Å². The number of nitrogens with one attached hydrogen (secondary N) is 1. The molecule has 0 unspecified atom stereocenters. The molecule has 0 aliphatic carbocycles. The predicted octanol–water partition coefficient (Wildman–Crippen LogP) is 1.88. The highest BCUT2D eigenvalue weighted by Crippen LogP contribution is 2.29. The SMILES string of the molecule is COc1cc(OC)cc(Oc2nc(C)cc(C(=N)N)n2)c1. The fourth-order valence-corrected chi connectivity index (χ4v) is 1.67. The first-order chi connectivity index (χ1) is 10.0. The molecule has 0 fully saturated rings. The minimum absolute atomic E-state index is 0.107. The van der Waals surface area contributed by atoms with Crippen LogP contribution in [0.25, 0.3) is 0 Å². The summed E-state index contributed by atoms with van der Waals surface area (Å²) in [7, 11) is 3.10. The number of benzene rings is 1. The van der Waals surface area contributed by atoms with Gasteiger partial charge in [0.2, 0.25) is 0 Å². The highest BCUT2D eigenvalue weighted by molar-refractivity contribution is 5.93. The molecule has 2 aromatic rings. The van der Waals surface area contributed by atoms with Gasteiger partial charge in [0.25, 0.3) is 0 Å². The molecule has 0 spiro atoms. The second kappa shape index (κ2) is 6.08. The Kier molecular flexibility index (Phi) is 4.22. The van der Waals surface area contributed by atoms with Crippen LogP contribution in [0, 0.1) is 12.3 Å². The van der Waals surface area contributed by atoms with E-state index in [9.17, 15) is 0 Å². The largest absolute Gasteiger partial charge is 0.496 e. The average Bonchev–Trinajstić information content (AvgIpc) is 2.46. The number of nitrogens with two attached hydrogens (primary N) is 1. The van der Waals surface area contributed by atoms with E-state index < -0.39 is 0 Å². The summed E-state index contributed by atoms with van der Waals surface area (Å²) in [6.07, 6.45) is 0. The molecule has 0 saturated carbocycles. The monoisotopic (exact) mass is 288 g/mol. The molecule has 7 heteroatoms. The lowest BCUT2D eigenvalue weighted by atomic mass is 10.3. The minimum atomic E-state index is -0.145. The van der Waals surface area contributed by atoms with Crippen LogP contribution >= 0.6 is 0 Å². The van der Waals surface area contributed by atoms with Crippen LogP contribution in [-0.2, 0) is 0 Å². The first-order valence-electron chi connectivity index (χ1n) is 6.13. The third-order valence-electron chi connectivity index (χ3n) is 2.64. The predicted molar refractivity (Wildman–Crippen MR) is 77.4 cm³/mol. The third kappa shape index (κ3) is 3.59. The number of aromatic nitrogens is 2. The summed E-state index contributed by atoms with van der Waals surface area (Å²) in [5.74, 6) is 1.49. The Morgan fingerprint density at radius 3 is 2.10 bits per heavy atom. The van der Waals surface area contributed by atoms with Crippen molar-refractivity contribution >= 4 is 5.84 Å². The summed E-state index contributed by atoms with van der Waals surface area (Å²) in [5.41, 5.74) is 6.40. The van der Waals surface area contributed by atoms with Crippen LogP contribution < -0.4 is 19.9 Å². The molecule has 3 N–H and O–H groups in total. The summed E-state index contributed by atoms with van der Waals surface area (Å²) in [6, 6.07) is 6.81. The Labute approximate surface area is 122 Å². The summed E-state index contributed by atoms with van der Waals surface area (Å²) in [4.78, 5) is 8.23. The van der Waals surface area contributed by atoms with Crippen LogP contribution in [0.1, 0.15) is 11.4 Å². The Hall–Kier alpha value is -2.83. The van der Waals surface area contributed by atoms with Crippen LogP contribution in [-0.4, -0.2) is 30.0 Å². The van der Waals surface area contributed by atoms with Gasteiger partial charge in [-0.2, -0.15) is 4.98 Å². The maximum Gasteiger partial charge on any atom is 0.322 e. The highest BCUT2D eigenvalue weighted by atomic mass is 16.5. The number of methoxy groups -OCH3 is 2. The average molecular weight is 288 g/mol. The van der Waals surface area contributed by atoms with Gasteiger partial charge in [-0.25, -0.2) is 4.98 Å². The van der Waals surface area contributed by atoms with Crippen LogP contribution in [0.4, 0.5) is 0 Å². The van der Waals surface area contributed by atoms with E-state index in [1.165, 1.54) is 0 Å². The van der Waals surface area contributed by atoms with E-state index in [2.05, 4.69) is 9.97 Å². The van der Waals surface area contributed by atoms with E-state index in [4.69, 9.17) is 25.4 Å². The van der Waals surface area contributed by atoms with Crippen LogP contribution in [0.3, 0.4) is 0 Å². The van der Waals surface area contributed by atoms with E-state index in [-0.39, 0.29) is 11.8 Å². The van der Waals surface area contributed by atoms with E-state index in [0.717, 1.165) is 0 Å². The lowest BCUT2D eigenvalue weighted by Gasteiger charge is -2.10. The molecule has 2 rings (SSSR count). The third-order valence-corrected chi connectivity index (χ3v) is 2.64. The zero-order valence-electron chi connectivity index (χ0n) is 12.0. The smallest absolute Gasteiger partial charge is 0.322 e. The summed E-state index contributed by atoms with van der Waals surface area (Å²) < 4.78 is 15.9. The second-order valence-electron chi connectivity index (χ2n) is 4.24. The van der Waals surface area contributed by atoms with E-state index in [1.54, 1.807) is 45.4 Å². The molecule has 0 bridgehead atoms. The number of rotatable bonds is 5. The van der Waals surface area contributed by atoms with Crippen LogP contribution in [0.2, 0.25) is 0 Å². The van der Waals surface area contributed by atoms with Crippen molar-refractivity contribution in [2.75, 3.05) is 14.2 Å². The summed E-state index contributed by atoms with van der Waals surface area (Å²) >= 11 is 0. The van der Waals surface area contributed by atoms with E-state index in [0.29, 0.717) is 28.6 Å². The van der Waals surface area contributed by atoms with Crippen LogP contribution in [0.5, 0.6) is 23.3 Å². The molecule has 7 nitrogen and oxygen atoms in total. The number of ether oxygens (including phenoxy) is 3. The Bertz CT molecular complexity index is 651. The zero-order chi connectivity index (χ0) is 15.4. The van der Waals surface area contributed by atoms with E-state index in [1.807, 2.05) is 0 Å². The van der Waals surface area contributed by atoms with Gasteiger partial charge in [0.05, 0.1) is 14.2 Å². The second-order valence-corrected chi connectivity index (χ2v) is 4.24. The van der Waals surface area contributed by atoms with Gasteiger partial charge in [-0.05, 0) is 13.0 Å². The standard InChI is InChI=1S/C14H16N4O3/c1-8-4-12(13(15)16)18-14(17-8)21-11-6-9(19-2)5-10(7-11)20-3/h4-7H,1-3H3,(H3,15,16). The van der Waals surface area contributed by atoms with Crippen molar-refractivity contribution in [2.24, 2.45) is 5.73 Å². The van der Waals surface area contributed by atoms with Gasteiger partial charge in [0, 0.05) is 23.9 Å². The molecule has 0 atom stereocenters. The molecule has 21 heavy (non-hydrogen) atoms. The number of aryl methyl sites for hydroxylation is 1. The van der Waals surface area contributed by atoms with Crippen molar-refractivity contribution in [3.63, 3.8) is 0 Å². The molecule has 0 saturated heterocycles. The lowest BCUT2D eigenvalue weighted by Crippen LogP contribution is -2.14. The quantitative estimate of drug-likeness (QED) is 0.643. The van der Waals surface area contributed by atoms with Crippen molar-refractivity contribution < 1.29 is 14.2 Å². The topological polar surface area (TPSA) is 103 Å². The van der Waals surface area contributed by atoms with Gasteiger partial charge >= 0.3 is 6.01 Å². The van der Waals surface area contributed by atoms with Crippen molar-refractivity contribution in [1.29, 1.82) is 5.41 Å². The van der Waals surface area contributed by atoms with Gasteiger partial charge in [0.15, 0.2) is 0 Å². The molecule has 0 amide bonds. The van der Waals surface area contributed by atoms with Crippen molar-refractivity contribution in [2.45, 2.75) is 6.92 Å².